The number of carbonyl (C=O) groups is 1. The van der Waals surface area contributed by atoms with Crippen molar-refractivity contribution in [3.05, 3.63) is 46.1 Å². The molecule has 1 aliphatic heterocycles. The highest BCUT2D eigenvalue weighted by Crippen LogP contribution is 2.26. The molecule has 0 saturated heterocycles. The summed E-state index contributed by atoms with van der Waals surface area (Å²) in [6, 6.07) is 6.42. The third kappa shape index (κ3) is 3.88. The number of esters is 1. The standard InChI is InChI=1S/C14H14N3O4/c1-10(11-4-2-3-5-12(11)17(19)20)9-21-14(18)8-13-15-6-7-16-13/h2-7,10H,8-9H2,1H3/q+1. The molecule has 1 aromatic carbocycles. The van der Waals surface area contributed by atoms with E-state index in [9.17, 15) is 14.9 Å². The molecule has 21 heavy (non-hydrogen) atoms. The summed E-state index contributed by atoms with van der Waals surface area (Å²) in [7, 11) is 0. The lowest BCUT2D eigenvalue weighted by atomic mass is 10.0. The van der Waals surface area contributed by atoms with E-state index in [1.54, 1.807) is 25.1 Å². The molecule has 2 rings (SSSR count). The van der Waals surface area contributed by atoms with Crippen molar-refractivity contribution >= 4 is 24.1 Å². The number of nitro groups is 1. The van der Waals surface area contributed by atoms with Crippen LogP contribution in [0.15, 0.2) is 34.3 Å². The highest BCUT2D eigenvalue weighted by atomic mass is 16.6. The Labute approximate surface area is 121 Å². The fourth-order valence-corrected chi connectivity index (χ4v) is 1.92. The molecule has 0 aromatic heterocycles. The number of nitrogens with zero attached hydrogens (tertiary/aromatic N) is 3. The normalized spacial score (nSPS) is 14.2. The summed E-state index contributed by atoms with van der Waals surface area (Å²) in [6.45, 7) is 1.85. The maximum Gasteiger partial charge on any atom is 0.326 e. The van der Waals surface area contributed by atoms with E-state index in [1.807, 2.05) is 0 Å². The molecule has 1 aromatic rings. The van der Waals surface area contributed by atoms with Gasteiger partial charge in [-0.2, -0.15) is 0 Å². The Morgan fingerprint density at radius 3 is 2.71 bits per heavy atom. The first-order valence-corrected chi connectivity index (χ1v) is 6.39. The third-order valence-electron chi connectivity index (χ3n) is 2.97. The van der Waals surface area contributed by atoms with Gasteiger partial charge in [0.05, 0.1) is 11.5 Å². The Morgan fingerprint density at radius 2 is 2.05 bits per heavy atom. The molecule has 1 unspecified atom stereocenters. The Hall–Kier alpha value is -2.70. The van der Waals surface area contributed by atoms with Gasteiger partial charge in [-0.1, -0.05) is 35.1 Å². The zero-order valence-electron chi connectivity index (χ0n) is 11.4. The Kier molecular flexibility index (Phi) is 4.65. The van der Waals surface area contributed by atoms with Gasteiger partial charge in [0.25, 0.3) is 11.9 Å². The van der Waals surface area contributed by atoms with Crippen molar-refractivity contribution in [2.75, 3.05) is 6.61 Å². The predicted molar refractivity (Wildman–Crippen MR) is 77.3 cm³/mol. The minimum Gasteiger partial charge on any atom is -0.464 e. The number of hydrogen-bond acceptors (Lipinski definition) is 6. The van der Waals surface area contributed by atoms with Crippen molar-refractivity contribution in [3.63, 3.8) is 0 Å². The molecule has 7 heteroatoms. The van der Waals surface area contributed by atoms with Gasteiger partial charge < -0.3 is 4.74 Å². The van der Waals surface area contributed by atoms with Crippen molar-refractivity contribution in [1.82, 2.24) is 0 Å². The molecule has 7 nitrogen and oxygen atoms in total. The van der Waals surface area contributed by atoms with Crippen LogP contribution in [0.1, 0.15) is 24.8 Å². The predicted octanol–water partition coefficient (Wildman–Crippen LogP) is 2.28. The number of ether oxygens (including phenoxy) is 1. The van der Waals surface area contributed by atoms with Gasteiger partial charge in [-0.3, -0.25) is 14.9 Å². The number of nitro benzene ring substituents is 1. The van der Waals surface area contributed by atoms with Crippen molar-refractivity contribution in [2.45, 2.75) is 19.3 Å². The molecular weight excluding hydrogens is 274 g/mol. The molecule has 108 valence electrons. The van der Waals surface area contributed by atoms with E-state index in [1.165, 1.54) is 18.5 Å². The first kappa shape index (κ1) is 14.7. The summed E-state index contributed by atoms with van der Waals surface area (Å²) in [6.07, 6.45) is 3.40. The van der Waals surface area contributed by atoms with E-state index in [0.717, 1.165) is 0 Å². The molecule has 0 fully saturated rings. The molecule has 0 aliphatic carbocycles. The second kappa shape index (κ2) is 6.65. The van der Waals surface area contributed by atoms with Crippen molar-refractivity contribution in [3.8, 4) is 0 Å². The first-order chi connectivity index (χ1) is 10.1. The fraction of sp³-hybridized carbons (Fsp3) is 0.286. The highest BCUT2D eigenvalue weighted by molar-refractivity contribution is 6.18. The van der Waals surface area contributed by atoms with E-state index < -0.39 is 10.9 Å². The average Bonchev–Trinajstić information content (AvgIpc) is 2.97. The van der Waals surface area contributed by atoms with Crippen LogP contribution in [0.2, 0.25) is 0 Å². The Morgan fingerprint density at radius 1 is 1.38 bits per heavy atom. The van der Waals surface area contributed by atoms with Gasteiger partial charge in [0.2, 0.25) is 0 Å². The van der Waals surface area contributed by atoms with E-state index in [0.29, 0.717) is 11.7 Å². The van der Waals surface area contributed by atoms with Crippen LogP contribution in [0.5, 0.6) is 0 Å². The number of benzene rings is 1. The molecule has 0 N–H and O–H groups in total. The lowest BCUT2D eigenvalue weighted by Gasteiger charge is -2.12. The topological polar surface area (TPSA) is 94.2 Å². The van der Waals surface area contributed by atoms with Gasteiger partial charge in [0.15, 0.2) is 18.9 Å². The van der Waals surface area contributed by atoms with Crippen LogP contribution < -0.4 is 0 Å². The molecule has 1 heterocycles. The molecule has 0 saturated carbocycles. The summed E-state index contributed by atoms with van der Waals surface area (Å²) < 4.78 is 5.12. The molecule has 0 amide bonds. The number of hydrogen-bond donors (Lipinski definition) is 0. The van der Waals surface area contributed by atoms with E-state index in [4.69, 9.17) is 4.74 Å². The van der Waals surface area contributed by atoms with Gasteiger partial charge in [-0.25, -0.2) is 0 Å². The number of rotatable bonds is 6. The average molecular weight is 288 g/mol. The van der Waals surface area contributed by atoms with Gasteiger partial charge in [0, 0.05) is 17.5 Å². The third-order valence-corrected chi connectivity index (χ3v) is 2.97. The fourth-order valence-electron chi connectivity index (χ4n) is 1.92. The summed E-state index contributed by atoms with van der Waals surface area (Å²) in [5.41, 5.74) is 0.570. The van der Waals surface area contributed by atoms with Crippen LogP contribution in [-0.4, -0.2) is 29.9 Å². The second-order valence-electron chi connectivity index (χ2n) is 4.55. The van der Waals surface area contributed by atoms with E-state index in [2.05, 4.69) is 9.98 Å². The van der Waals surface area contributed by atoms with Crippen molar-refractivity contribution < 1.29 is 14.5 Å². The quantitative estimate of drug-likeness (QED) is 0.347. The highest BCUT2D eigenvalue weighted by Gasteiger charge is 2.23. The monoisotopic (exact) mass is 288 g/mol. The molecule has 0 radical (unpaired) electrons. The number of carbonyl (C=O) groups excluding carboxylic acids is 1. The summed E-state index contributed by atoms with van der Waals surface area (Å²) in [5.74, 6) is -0.720. The maximum atomic E-state index is 11.6. The molecule has 0 bridgehead atoms. The largest absolute Gasteiger partial charge is 0.464 e. The Balaban J connectivity index is 1.91. The van der Waals surface area contributed by atoms with Crippen molar-refractivity contribution in [2.24, 2.45) is 9.98 Å². The number of para-hydroxylation sites is 1. The maximum absolute atomic E-state index is 11.6. The zero-order valence-corrected chi connectivity index (χ0v) is 11.4. The summed E-state index contributed by atoms with van der Waals surface area (Å²) in [5, 5.41) is 11.0. The van der Waals surface area contributed by atoms with Crippen LogP contribution in [0, 0.1) is 16.3 Å². The van der Waals surface area contributed by atoms with Crippen LogP contribution in [0.25, 0.3) is 0 Å². The molecule has 1 atom stereocenters. The SMILES string of the molecule is CC(COC(=O)C[C+]1N=CC=N1)c1ccccc1[N+](=O)[O-]. The van der Waals surface area contributed by atoms with Gasteiger partial charge in [0.1, 0.15) is 0 Å². The minimum absolute atomic E-state index is 0.00337. The summed E-state index contributed by atoms with van der Waals surface area (Å²) in [4.78, 5) is 29.9. The lowest BCUT2D eigenvalue weighted by Crippen LogP contribution is -2.13. The van der Waals surface area contributed by atoms with E-state index >= 15 is 0 Å². The molecular formula is C14H14N3O4+. The van der Waals surface area contributed by atoms with Crippen LogP contribution in [0.3, 0.4) is 0 Å². The van der Waals surface area contributed by atoms with Crippen LogP contribution >= 0.6 is 0 Å². The number of aliphatic imine (C=N–C) groups is 2. The molecule has 1 aliphatic rings. The van der Waals surface area contributed by atoms with Crippen molar-refractivity contribution in [1.29, 1.82) is 0 Å². The minimum atomic E-state index is -0.452. The van der Waals surface area contributed by atoms with Gasteiger partial charge in [-0.05, 0) is 0 Å². The lowest BCUT2D eigenvalue weighted by molar-refractivity contribution is -0.385. The summed E-state index contributed by atoms with van der Waals surface area (Å²) >= 11 is 0. The van der Waals surface area contributed by atoms with E-state index in [-0.39, 0.29) is 24.6 Å². The van der Waals surface area contributed by atoms with Crippen LogP contribution in [0.4, 0.5) is 5.69 Å². The van der Waals surface area contributed by atoms with Gasteiger partial charge in [-0.15, -0.1) is 0 Å². The Bertz CT molecular complexity index is 586. The van der Waals surface area contributed by atoms with Crippen LogP contribution in [-0.2, 0) is 9.53 Å². The second-order valence-corrected chi connectivity index (χ2v) is 4.55. The molecule has 0 spiro atoms. The zero-order chi connectivity index (χ0) is 15.2. The smallest absolute Gasteiger partial charge is 0.326 e. The van der Waals surface area contributed by atoms with Gasteiger partial charge >= 0.3 is 5.97 Å². The first-order valence-electron chi connectivity index (χ1n) is 6.39.